The first-order chi connectivity index (χ1) is 13.8. The van der Waals surface area contributed by atoms with Gasteiger partial charge < -0.3 is 5.32 Å². The molecular weight excluding hydrogens is 433 g/mol. The van der Waals surface area contributed by atoms with Crippen molar-refractivity contribution in [1.29, 1.82) is 0 Å². The Morgan fingerprint density at radius 3 is 2.48 bits per heavy atom. The van der Waals surface area contributed by atoms with Crippen molar-refractivity contribution in [1.82, 2.24) is 15.0 Å². The predicted octanol–water partition coefficient (Wildman–Crippen LogP) is 3.89. The molecule has 3 rings (SSSR count). The second-order valence-corrected chi connectivity index (χ2v) is 8.79. The largest absolute Gasteiger partial charge is 0.348 e. The van der Waals surface area contributed by atoms with E-state index in [-0.39, 0.29) is 22.4 Å². The third kappa shape index (κ3) is 4.94. The molecule has 0 atom stereocenters. The molecular formula is C20H17Cl2N3O3S. The van der Waals surface area contributed by atoms with E-state index in [9.17, 15) is 13.2 Å². The van der Waals surface area contributed by atoms with Crippen molar-refractivity contribution in [3.05, 3.63) is 82.1 Å². The van der Waals surface area contributed by atoms with Crippen molar-refractivity contribution in [3.8, 4) is 11.1 Å². The van der Waals surface area contributed by atoms with Crippen molar-refractivity contribution in [2.75, 3.05) is 7.05 Å². The molecule has 0 aliphatic heterocycles. The molecule has 0 radical (unpaired) electrons. The Hall–Kier alpha value is -2.45. The molecule has 0 unspecified atom stereocenters. The standard InChI is InChI=1S/C20H17Cl2N3O3S/c1-23-29(27,28)16-7-6-13(19(22)9-16)12-25-20(26)15-8-14(10-24-11-15)17-4-2-3-5-18(17)21/h2-11,23H,12H2,1H3,(H,25,26). The third-order valence-corrected chi connectivity index (χ3v) is 6.32. The van der Waals surface area contributed by atoms with Crippen molar-refractivity contribution in [3.63, 3.8) is 0 Å². The lowest BCUT2D eigenvalue weighted by molar-refractivity contribution is 0.0950. The maximum Gasteiger partial charge on any atom is 0.253 e. The van der Waals surface area contributed by atoms with Crippen LogP contribution in [0.15, 0.2) is 65.8 Å². The molecule has 3 aromatic rings. The van der Waals surface area contributed by atoms with Gasteiger partial charge in [-0.2, -0.15) is 0 Å². The second kappa shape index (κ2) is 8.92. The lowest BCUT2D eigenvalue weighted by Gasteiger charge is -2.10. The summed E-state index contributed by atoms with van der Waals surface area (Å²) in [5, 5.41) is 3.57. The van der Waals surface area contributed by atoms with Gasteiger partial charge in [-0.3, -0.25) is 9.78 Å². The quantitative estimate of drug-likeness (QED) is 0.597. The summed E-state index contributed by atoms with van der Waals surface area (Å²) in [6.07, 6.45) is 3.09. The monoisotopic (exact) mass is 449 g/mol. The van der Waals surface area contributed by atoms with Crippen LogP contribution in [0, 0.1) is 0 Å². The third-order valence-electron chi connectivity index (χ3n) is 4.23. The maximum absolute atomic E-state index is 12.5. The molecule has 0 saturated heterocycles. The van der Waals surface area contributed by atoms with E-state index >= 15 is 0 Å². The SMILES string of the molecule is CNS(=O)(=O)c1ccc(CNC(=O)c2cncc(-c3ccccc3Cl)c2)c(Cl)c1. The van der Waals surface area contributed by atoms with E-state index in [2.05, 4.69) is 15.0 Å². The number of halogens is 2. The van der Waals surface area contributed by atoms with Crippen LogP contribution in [0.2, 0.25) is 10.0 Å². The van der Waals surface area contributed by atoms with Crippen LogP contribution in [-0.4, -0.2) is 26.4 Å². The molecule has 2 N–H and O–H groups in total. The number of aromatic nitrogens is 1. The molecule has 0 aliphatic carbocycles. The van der Waals surface area contributed by atoms with E-state index in [1.54, 1.807) is 24.4 Å². The van der Waals surface area contributed by atoms with Crippen molar-refractivity contribution in [2.24, 2.45) is 0 Å². The van der Waals surface area contributed by atoms with E-state index in [1.165, 1.54) is 25.4 Å². The minimum absolute atomic E-state index is 0.0525. The van der Waals surface area contributed by atoms with Gasteiger partial charge in [0.1, 0.15) is 0 Å². The molecule has 0 saturated carbocycles. The minimum atomic E-state index is -3.59. The Labute approximate surface area is 178 Å². The summed E-state index contributed by atoms with van der Waals surface area (Å²) in [4.78, 5) is 16.7. The Kier molecular flexibility index (Phi) is 6.54. The first-order valence-corrected chi connectivity index (χ1v) is 10.8. The van der Waals surface area contributed by atoms with E-state index in [0.29, 0.717) is 16.1 Å². The summed E-state index contributed by atoms with van der Waals surface area (Å²) in [7, 11) is -2.27. The molecule has 29 heavy (non-hydrogen) atoms. The van der Waals surface area contributed by atoms with Crippen molar-refractivity contribution < 1.29 is 13.2 Å². The van der Waals surface area contributed by atoms with E-state index in [4.69, 9.17) is 23.2 Å². The zero-order chi connectivity index (χ0) is 21.0. The van der Waals surface area contributed by atoms with Crippen molar-refractivity contribution >= 4 is 39.1 Å². The van der Waals surface area contributed by atoms with Gasteiger partial charge in [-0.05, 0) is 36.9 Å². The number of carbonyl (C=O) groups excluding carboxylic acids is 1. The summed E-state index contributed by atoms with van der Waals surface area (Å²) in [5.41, 5.74) is 2.46. The topological polar surface area (TPSA) is 88.2 Å². The lowest BCUT2D eigenvalue weighted by Crippen LogP contribution is -2.23. The van der Waals surface area contributed by atoms with Gasteiger partial charge in [0, 0.05) is 40.1 Å². The molecule has 6 nitrogen and oxygen atoms in total. The molecule has 0 bridgehead atoms. The molecule has 1 aromatic heterocycles. The van der Waals surface area contributed by atoms with Crippen molar-refractivity contribution in [2.45, 2.75) is 11.4 Å². The van der Waals surface area contributed by atoms with Gasteiger partial charge in [-0.25, -0.2) is 13.1 Å². The first kappa shape index (κ1) is 21.3. The summed E-state index contributed by atoms with van der Waals surface area (Å²) in [6, 6.07) is 13.3. The molecule has 150 valence electrons. The summed E-state index contributed by atoms with van der Waals surface area (Å²) in [6.45, 7) is 0.133. The van der Waals surface area contributed by atoms with Gasteiger partial charge in [0.05, 0.1) is 10.5 Å². The number of sulfonamides is 1. The highest BCUT2D eigenvalue weighted by Crippen LogP contribution is 2.27. The fourth-order valence-corrected chi connectivity index (χ4v) is 3.95. The number of rotatable bonds is 6. The van der Waals surface area contributed by atoms with Gasteiger partial charge in [-0.15, -0.1) is 0 Å². The number of hydrogen-bond acceptors (Lipinski definition) is 4. The van der Waals surface area contributed by atoms with Crippen LogP contribution in [0.4, 0.5) is 0 Å². The van der Waals surface area contributed by atoms with Gasteiger partial charge in [0.25, 0.3) is 5.91 Å². The zero-order valence-corrected chi connectivity index (χ0v) is 17.6. The zero-order valence-electron chi connectivity index (χ0n) is 15.3. The Morgan fingerprint density at radius 2 is 1.79 bits per heavy atom. The van der Waals surface area contributed by atoms with Gasteiger partial charge in [0.15, 0.2) is 0 Å². The fraction of sp³-hybridized carbons (Fsp3) is 0.100. The van der Waals surface area contributed by atoms with Crippen LogP contribution < -0.4 is 10.0 Å². The average molecular weight is 450 g/mol. The van der Waals surface area contributed by atoms with Gasteiger partial charge >= 0.3 is 0 Å². The Balaban J connectivity index is 1.75. The van der Waals surface area contributed by atoms with E-state index in [1.807, 2.05) is 18.2 Å². The maximum atomic E-state index is 12.5. The first-order valence-electron chi connectivity index (χ1n) is 8.52. The average Bonchev–Trinajstić information content (AvgIpc) is 2.73. The fourth-order valence-electron chi connectivity index (χ4n) is 2.64. The van der Waals surface area contributed by atoms with Crippen LogP contribution in [-0.2, 0) is 16.6 Å². The van der Waals surface area contributed by atoms with Gasteiger partial charge in [0.2, 0.25) is 10.0 Å². The molecule has 1 amide bonds. The molecule has 0 fully saturated rings. The van der Waals surface area contributed by atoms with Crippen LogP contribution in [0.1, 0.15) is 15.9 Å². The molecule has 2 aromatic carbocycles. The normalized spacial score (nSPS) is 11.3. The molecule has 9 heteroatoms. The van der Waals surface area contributed by atoms with Crippen LogP contribution in [0.5, 0.6) is 0 Å². The Bertz CT molecular complexity index is 1170. The van der Waals surface area contributed by atoms with E-state index < -0.39 is 10.0 Å². The smallest absolute Gasteiger partial charge is 0.253 e. The molecule has 1 heterocycles. The molecule has 0 aliphatic rings. The number of pyridine rings is 1. The summed E-state index contributed by atoms with van der Waals surface area (Å²) in [5.74, 6) is -0.339. The summed E-state index contributed by atoms with van der Waals surface area (Å²) < 4.78 is 25.9. The number of amides is 1. The highest BCUT2D eigenvalue weighted by Gasteiger charge is 2.14. The minimum Gasteiger partial charge on any atom is -0.348 e. The van der Waals surface area contributed by atoms with Gasteiger partial charge in [-0.1, -0.05) is 47.5 Å². The summed E-state index contributed by atoms with van der Waals surface area (Å²) >= 11 is 12.4. The number of hydrogen-bond donors (Lipinski definition) is 2. The Morgan fingerprint density at radius 1 is 1.03 bits per heavy atom. The highest BCUT2D eigenvalue weighted by molar-refractivity contribution is 7.89. The second-order valence-electron chi connectivity index (χ2n) is 6.09. The highest BCUT2D eigenvalue weighted by atomic mass is 35.5. The van der Waals surface area contributed by atoms with Crippen LogP contribution >= 0.6 is 23.2 Å². The van der Waals surface area contributed by atoms with Crippen LogP contribution in [0.25, 0.3) is 11.1 Å². The predicted molar refractivity (Wildman–Crippen MR) is 114 cm³/mol. The number of benzene rings is 2. The number of nitrogens with one attached hydrogen (secondary N) is 2. The number of carbonyl (C=O) groups is 1. The number of nitrogens with zero attached hydrogens (tertiary/aromatic N) is 1. The molecule has 0 spiro atoms. The van der Waals surface area contributed by atoms with Crippen LogP contribution in [0.3, 0.4) is 0 Å². The van der Waals surface area contributed by atoms with E-state index in [0.717, 1.165) is 11.1 Å². The lowest BCUT2D eigenvalue weighted by atomic mass is 10.1.